The third-order valence-corrected chi connectivity index (χ3v) is 2.86. The molecule has 0 saturated carbocycles. The van der Waals surface area contributed by atoms with Gasteiger partial charge in [0.15, 0.2) is 5.78 Å². The second kappa shape index (κ2) is 5.28. The Balaban J connectivity index is 1.62. The van der Waals surface area contributed by atoms with E-state index in [-0.39, 0.29) is 5.78 Å². The van der Waals surface area contributed by atoms with Crippen molar-refractivity contribution in [2.75, 3.05) is 39.4 Å². The molecule has 15 heavy (non-hydrogen) atoms. The minimum absolute atomic E-state index is 0.254. The van der Waals surface area contributed by atoms with Crippen LogP contribution in [-0.2, 0) is 9.53 Å². The second-order valence-electron chi connectivity index (χ2n) is 4.02. The number of carbonyl (C=O) groups is 1. The van der Waals surface area contributed by atoms with Gasteiger partial charge in [0.1, 0.15) is 0 Å². The van der Waals surface area contributed by atoms with Crippen LogP contribution in [0, 0.1) is 0 Å². The molecule has 0 unspecified atom stereocenters. The van der Waals surface area contributed by atoms with Crippen molar-refractivity contribution >= 4 is 5.78 Å². The molecule has 0 aromatic heterocycles. The predicted octanol–water partition coefficient (Wildman–Crippen LogP) is 0.155. The Morgan fingerprint density at radius 2 is 2.13 bits per heavy atom. The standard InChI is InChI=1S/C11H18N2O2/c14-11-2-1-10(9-11)12-3-4-13-5-7-15-8-6-13/h9,12H,1-8H2. The minimum Gasteiger partial charge on any atom is -0.387 e. The highest BCUT2D eigenvalue weighted by molar-refractivity contribution is 5.92. The van der Waals surface area contributed by atoms with Crippen molar-refractivity contribution in [2.45, 2.75) is 12.8 Å². The molecule has 4 nitrogen and oxygen atoms in total. The maximum absolute atomic E-state index is 11.0. The van der Waals surface area contributed by atoms with Crippen molar-refractivity contribution in [2.24, 2.45) is 0 Å². The molecular weight excluding hydrogens is 192 g/mol. The smallest absolute Gasteiger partial charge is 0.157 e. The van der Waals surface area contributed by atoms with Gasteiger partial charge in [-0.05, 0) is 6.42 Å². The predicted molar refractivity (Wildman–Crippen MR) is 57.6 cm³/mol. The van der Waals surface area contributed by atoms with Gasteiger partial charge < -0.3 is 10.1 Å². The third-order valence-electron chi connectivity index (χ3n) is 2.86. The van der Waals surface area contributed by atoms with Crippen LogP contribution in [0.15, 0.2) is 11.8 Å². The summed E-state index contributed by atoms with van der Waals surface area (Å²) in [6.45, 7) is 5.72. The lowest BCUT2D eigenvalue weighted by Gasteiger charge is -2.26. The lowest BCUT2D eigenvalue weighted by molar-refractivity contribution is -0.114. The molecule has 1 aliphatic heterocycles. The molecule has 1 heterocycles. The zero-order chi connectivity index (χ0) is 10.5. The normalized spacial score (nSPS) is 22.9. The number of ketones is 1. The van der Waals surface area contributed by atoms with Gasteiger partial charge in [-0.25, -0.2) is 0 Å². The molecule has 0 amide bonds. The molecular formula is C11H18N2O2. The van der Waals surface area contributed by atoms with Crippen molar-refractivity contribution in [3.63, 3.8) is 0 Å². The van der Waals surface area contributed by atoms with E-state index in [4.69, 9.17) is 4.74 Å². The Hall–Kier alpha value is -0.870. The summed E-state index contributed by atoms with van der Waals surface area (Å²) in [6.07, 6.45) is 3.31. The molecule has 0 spiro atoms. The van der Waals surface area contributed by atoms with Gasteiger partial charge in [-0.15, -0.1) is 0 Å². The zero-order valence-electron chi connectivity index (χ0n) is 9.00. The second-order valence-corrected chi connectivity index (χ2v) is 4.02. The van der Waals surface area contributed by atoms with E-state index in [0.29, 0.717) is 6.42 Å². The number of allylic oxidation sites excluding steroid dienone is 2. The fraction of sp³-hybridized carbons (Fsp3) is 0.727. The summed E-state index contributed by atoms with van der Waals surface area (Å²) < 4.78 is 5.28. The molecule has 0 aromatic carbocycles. The van der Waals surface area contributed by atoms with Crippen LogP contribution in [0.5, 0.6) is 0 Å². The molecule has 0 atom stereocenters. The first-order valence-corrected chi connectivity index (χ1v) is 5.62. The highest BCUT2D eigenvalue weighted by atomic mass is 16.5. The van der Waals surface area contributed by atoms with Gasteiger partial charge in [-0.3, -0.25) is 9.69 Å². The fourth-order valence-corrected chi connectivity index (χ4v) is 1.94. The molecule has 0 bridgehead atoms. The fourth-order valence-electron chi connectivity index (χ4n) is 1.94. The van der Waals surface area contributed by atoms with Gasteiger partial charge >= 0.3 is 0 Å². The summed E-state index contributed by atoms with van der Waals surface area (Å²) in [4.78, 5) is 13.4. The van der Waals surface area contributed by atoms with Gasteiger partial charge in [0.05, 0.1) is 13.2 Å². The van der Waals surface area contributed by atoms with Gasteiger partial charge in [0, 0.05) is 44.4 Å². The van der Waals surface area contributed by atoms with Crippen LogP contribution < -0.4 is 5.32 Å². The number of ether oxygens (including phenoxy) is 1. The van der Waals surface area contributed by atoms with Crippen molar-refractivity contribution in [1.82, 2.24) is 10.2 Å². The Kier molecular flexibility index (Phi) is 3.75. The van der Waals surface area contributed by atoms with Crippen LogP contribution in [-0.4, -0.2) is 50.1 Å². The first-order chi connectivity index (χ1) is 7.34. The molecule has 1 aliphatic carbocycles. The van der Waals surface area contributed by atoms with Crippen molar-refractivity contribution in [3.8, 4) is 0 Å². The monoisotopic (exact) mass is 210 g/mol. The SMILES string of the molecule is O=C1C=C(NCCN2CCOCC2)CC1. The Morgan fingerprint density at radius 1 is 1.33 bits per heavy atom. The molecule has 2 rings (SSSR count). The summed E-state index contributed by atoms with van der Waals surface area (Å²) in [7, 11) is 0. The highest BCUT2D eigenvalue weighted by Gasteiger charge is 2.12. The number of hydrogen-bond donors (Lipinski definition) is 1. The quantitative estimate of drug-likeness (QED) is 0.717. The number of nitrogens with one attached hydrogen (secondary N) is 1. The largest absolute Gasteiger partial charge is 0.387 e. The van der Waals surface area contributed by atoms with E-state index in [2.05, 4.69) is 10.2 Å². The van der Waals surface area contributed by atoms with Crippen LogP contribution in [0.25, 0.3) is 0 Å². The molecule has 0 aromatic rings. The van der Waals surface area contributed by atoms with Crippen molar-refractivity contribution in [1.29, 1.82) is 0 Å². The van der Waals surface area contributed by atoms with Crippen LogP contribution >= 0.6 is 0 Å². The number of rotatable bonds is 4. The topological polar surface area (TPSA) is 41.6 Å². The van der Waals surface area contributed by atoms with Crippen LogP contribution in [0.1, 0.15) is 12.8 Å². The van der Waals surface area contributed by atoms with Crippen LogP contribution in [0.2, 0.25) is 0 Å². The summed E-state index contributed by atoms with van der Waals surface area (Å²) in [5.41, 5.74) is 1.10. The Bertz CT molecular complexity index is 257. The molecule has 1 N–H and O–H groups in total. The Labute approximate surface area is 90.3 Å². The van der Waals surface area contributed by atoms with Crippen LogP contribution in [0.4, 0.5) is 0 Å². The first-order valence-electron chi connectivity index (χ1n) is 5.62. The maximum Gasteiger partial charge on any atom is 0.157 e. The lowest BCUT2D eigenvalue weighted by atomic mass is 10.3. The molecule has 84 valence electrons. The molecule has 1 saturated heterocycles. The number of nitrogens with zero attached hydrogens (tertiary/aromatic N) is 1. The van der Waals surface area contributed by atoms with Gasteiger partial charge in [0.2, 0.25) is 0 Å². The van der Waals surface area contributed by atoms with Gasteiger partial charge in [-0.2, -0.15) is 0 Å². The van der Waals surface area contributed by atoms with E-state index in [9.17, 15) is 4.79 Å². The summed E-state index contributed by atoms with van der Waals surface area (Å²) in [6, 6.07) is 0. The zero-order valence-corrected chi connectivity index (χ0v) is 9.00. The van der Waals surface area contributed by atoms with E-state index in [0.717, 1.165) is 51.5 Å². The van der Waals surface area contributed by atoms with E-state index in [1.165, 1.54) is 0 Å². The van der Waals surface area contributed by atoms with Crippen molar-refractivity contribution in [3.05, 3.63) is 11.8 Å². The van der Waals surface area contributed by atoms with E-state index in [1.807, 2.05) is 0 Å². The van der Waals surface area contributed by atoms with Crippen molar-refractivity contribution < 1.29 is 9.53 Å². The highest BCUT2D eigenvalue weighted by Crippen LogP contribution is 2.11. The van der Waals surface area contributed by atoms with E-state index in [1.54, 1.807) is 6.08 Å². The van der Waals surface area contributed by atoms with Crippen LogP contribution in [0.3, 0.4) is 0 Å². The summed E-state index contributed by atoms with van der Waals surface area (Å²) in [5.74, 6) is 0.254. The van der Waals surface area contributed by atoms with Gasteiger partial charge in [-0.1, -0.05) is 0 Å². The first kappa shape index (κ1) is 10.6. The molecule has 4 heteroatoms. The average molecular weight is 210 g/mol. The lowest BCUT2D eigenvalue weighted by Crippen LogP contribution is -2.40. The minimum atomic E-state index is 0.254. The maximum atomic E-state index is 11.0. The van der Waals surface area contributed by atoms with E-state index >= 15 is 0 Å². The average Bonchev–Trinajstić information content (AvgIpc) is 2.66. The molecule has 0 radical (unpaired) electrons. The molecule has 2 aliphatic rings. The summed E-state index contributed by atoms with van der Waals surface area (Å²) >= 11 is 0. The number of hydrogen-bond acceptors (Lipinski definition) is 4. The Morgan fingerprint density at radius 3 is 2.80 bits per heavy atom. The molecule has 1 fully saturated rings. The van der Waals surface area contributed by atoms with Gasteiger partial charge in [0.25, 0.3) is 0 Å². The number of carbonyl (C=O) groups excluding carboxylic acids is 1. The number of morpholine rings is 1. The van der Waals surface area contributed by atoms with E-state index < -0.39 is 0 Å². The summed E-state index contributed by atoms with van der Waals surface area (Å²) in [5, 5.41) is 3.32. The third kappa shape index (κ3) is 3.32.